The molecule has 0 saturated heterocycles. The number of nitrogens with one attached hydrogen (secondary N) is 1. The maximum atomic E-state index is 12.6. The van der Waals surface area contributed by atoms with E-state index < -0.39 is 11.7 Å². The highest BCUT2D eigenvalue weighted by Gasteiger charge is 2.31. The molecule has 10 heteroatoms. The summed E-state index contributed by atoms with van der Waals surface area (Å²) >= 11 is 8.42. The number of hydrogen-bond acceptors (Lipinski definition) is 5. The molecule has 0 unspecified atom stereocenters. The molecule has 1 N–H and O–H groups in total. The molecule has 0 bridgehead atoms. The predicted molar refractivity (Wildman–Crippen MR) is 93.5 cm³/mol. The van der Waals surface area contributed by atoms with E-state index in [-0.39, 0.29) is 21.4 Å². The van der Waals surface area contributed by atoms with Gasteiger partial charge in [0.1, 0.15) is 15.7 Å². The van der Waals surface area contributed by atoms with Crippen LogP contribution in [0.15, 0.2) is 22.1 Å². The zero-order chi connectivity index (χ0) is 18.4. The molecule has 0 saturated carbocycles. The first-order valence-electron chi connectivity index (χ1n) is 7.01. The van der Waals surface area contributed by atoms with E-state index in [2.05, 4.69) is 15.0 Å². The van der Waals surface area contributed by atoms with E-state index in [1.165, 1.54) is 11.3 Å². The van der Waals surface area contributed by atoms with Crippen molar-refractivity contribution in [2.24, 2.45) is 0 Å². The fourth-order valence-corrected chi connectivity index (χ4v) is 4.30. The SMILES string of the molecule is Cc1sc2nc(CSc3ncc(C(F)(F)F)cc3Cl)[nH]c(=O)c2c1C. The lowest BCUT2D eigenvalue weighted by Gasteiger charge is -2.08. The van der Waals surface area contributed by atoms with Crippen molar-refractivity contribution in [2.45, 2.75) is 30.8 Å². The fourth-order valence-electron chi connectivity index (χ4n) is 2.19. The Morgan fingerprint density at radius 3 is 2.72 bits per heavy atom. The van der Waals surface area contributed by atoms with Gasteiger partial charge in [0.2, 0.25) is 0 Å². The van der Waals surface area contributed by atoms with E-state index in [4.69, 9.17) is 11.6 Å². The fraction of sp³-hybridized carbons (Fsp3) is 0.267. The summed E-state index contributed by atoms with van der Waals surface area (Å²) in [5.74, 6) is 0.653. The van der Waals surface area contributed by atoms with Crippen molar-refractivity contribution in [1.82, 2.24) is 15.0 Å². The maximum absolute atomic E-state index is 12.6. The van der Waals surface area contributed by atoms with Crippen molar-refractivity contribution < 1.29 is 13.2 Å². The average molecular weight is 406 g/mol. The van der Waals surface area contributed by atoms with Crippen molar-refractivity contribution in [2.75, 3.05) is 0 Å². The normalized spacial score (nSPS) is 12.1. The van der Waals surface area contributed by atoms with Gasteiger partial charge in [-0.25, -0.2) is 9.97 Å². The summed E-state index contributed by atoms with van der Waals surface area (Å²) in [6, 6.07) is 0.836. The zero-order valence-electron chi connectivity index (χ0n) is 13.0. The predicted octanol–water partition coefficient (Wildman–Crippen LogP) is 4.96. The van der Waals surface area contributed by atoms with Crippen molar-refractivity contribution in [1.29, 1.82) is 0 Å². The molecule has 0 aliphatic rings. The molecule has 0 aliphatic heterocycles. The highest BCUT2D eigenvalue weighted by Crippen LogP contribution is 2.34. The highest BCUT2D eigenvalue weighted by molar-refractivity contribution is 7.98. The molecule has 4 nitrogen and oxygen atoms in total. The Hall–Kier alpha value is -1.58. The number of aromatic amines is 1. The minimum absolute atomic E-state index is 0.0916. The second-order valence-electron chi connectivity index (χ2n) is 5.27. The number of pyridine rings is 1. The van der Waals surface area contributed by atoms with Crippen LogP contribution in [-0.2, 0) is 11.9 Å². The van der Waals surface area contributed by atoms with Crippen molar-refractivity contribution >= 4 is 44.9 Å². The third-order valence-corrected chi connectivity index (χ3v) is 6.09. The van der Waals surface area contributed by atoms with Gasteiger partial charge in [-0.3, -0.25) is 4.79 Å². The van der Waals surface area contributed by atoms with Gasteiger partial charge in [0.15, 0.2) is 0 Å². The largest absolute Gasteiger partial charge is 0.417 e. The Morgan fingerprint density at radius 1 is 1.36 bits per heavy atom. The third kappa shape index (κ3) is 3.68. The number of aromatic nitrogens is 3. The molecular weight excluding hydrogens is 395 g/mol. The van der Waals surface area contributed by atoms with Crippen LogP contribution in [0.4, 0.5) is 13.2 Å². The molecule has 0 atom stereocenters. The van der Waals surface area contributed by atoms with E-state index in [9.17, 15) is 18.0 Å². The van der Waals surface area contributed by atoms with E-state index in [0.29, 0.717) is 16.0 Å². The number of aryl methyl sites for hydroxylation is 2. The van der Waals surface area contributed by atoms with Crippen molar-refractivity contribution in [3.63, 3.8) is 0 Å². The van der Waals surface area contributed by atoms with E-state index in [1.807, 2.05) is 13.8 Å². The summed E-state index contributed by atoms with van der Waals surface area (Å²) < 4.78 is 37.9. The average Bonchev–Trinajstić information content (AvgIpc) is 2.80. The highest BCUT2D eigenvalue weighted by atomic mass is 35.5. The molecule has 0 aliphatic carbocycles. The number of alkyl halides is 3. The lowest BCUT2D eigenvalue weighted by molar-refractivity contribution is -0.137. The van der Waals surface area contributed by atoms with Gasteiger partial charge in [-0.05, 0) is 25.5 Å². The molecule has 0 amide bonds. The number of rotatable bonds is 3. The Balaban J connectivity index is 1.85. The lowest BCUT2D eigenvalue weighted by Crippen LogP contribution is -2.11. The van der Waals surface area contributed by atoms with Crippen LogP contribution in [-0.4, -0.2) is 15.0 Å². The smallest absolute Gasteiger partial charge is 0.309 e. The summed E-state index contributed by atoms with van der Waals surface area (Å²) in [5, 5.41) is 0.726. The monoisotopic (exact) mass is 405 g/mol. The summed E-state index contributed by atoms with van der Waals surface area (Å²) in [7, 11) is 0. The number of H-pyrrole nitrogens is 1. The molecule has 3 rings (SSSR count). The van der Waals surface area contributed by atoms with Crippen LogP contribution in [0.5, 0.6) is 0 Å². The summed E-state index contributed by atoms with van der Waals surface area (Å²) in [6.07, 6.45) is -3.76. The molecular formula is C15H11ClF3N3OS2. The maximum Gasteiger partial charge on any atom is 0.417 e. The second-order valence-corrected chi connectivity index (χ2v) is 7.85. The van der Waals surface area contributed by atoms with Crippen LogP contribution in [0.2, 0.25) is 5.02 Å². The van der Waals surface area contributed by atoms with Gasteiger partial charge in [0.05, 0.1) is 21.7 Å². The van der Waals surface area contributed by atoms with Gasteiger partial charge < -0.3 is 4.98 Å². The zero-order valence-corrected chi connectivity index (χ0v) is 15.4. The minimum Gasteiger partial charge on any atom is -0.309 e. The standard InChI is InChI=1S/C15H11ClF3N3OS2/c1-6-7(2)25-14-11(6)12(23)21-10(22-14)5-24-13-9(16)3-8(4-20-13)15(17,18)19/h3-4H,5H2,1-2H3,(H,21,22,23). The molecule has 0 radical (unpaired) electrons. The second kappa shape index (κ2) is 6.62. The van der Waals surface area contributed by atoms with Gasteiger partial charge >= 0.3 is 6.18 Å². The number of thiophene rings is 1. The number of fused-ring (bicyclic) bond motifs is 1. The van der Waals surface area contributed by atoms with Gasteiger partial charge in [-0.15, -0.1) is 11.3 Å². The van der Waals surface area contributed by atoms with Crippen LogP contribution in [0.1, 0.15) is 21.8 Å². The molecule has 0 fully saturated rings. The lowest BCUT2D eigenvalue weighted by atomic mass is 10.2. The number of thioether (sulfide) groups is 1. The number of hydrogen-bond donors (Lipinski definition) is 1. The molecule has 3 aromatic heterocycles. The molecule has 3 heterocycles. The Labute approximate surface area is 153 Å². The summed E-state index contributed by atoms with van der Waals surface area (Å²) in [5.41, 5.74) is -0.228. The van der Waals surface area contributed by atoms with Gasteiger partial charge in [0.25, 0.3) is 5.56 Å². The first kappa shape index (κ1) is 18.2. The first-order chi connectivity index (χ1) is 11.7. The molecule has 25 heavy (non-hydrogen) atoms. The Bertz CT molecular complexity index is 1010. The minimum atomic E-state index is -4.49. The Kier molecular flexibility index (Phi) is 4.82. The summed E-state index contributed by atoms with van der Waals surface area (Å²) in [6.45, 7) is 3.78. The Morgan fingerprint density at radius 2 is 2.08 bits per heavy atom. The van der Waals surface area contributed by atoms with E-state index in [1.54, 1.807) is 0 Å². The molecule has 0 spiro atoms. The topological polar surface area (TPSA) is 58.6 Å². The van der Waals surface area contributed by atoms with Gasteiger partial charge in [-0.1, -0.05) is 23.4 Å². The van der Waals surface area contributed by atoms with E-state index in [0.717, 1.165) is 34.5 Å². The third-order valence-electron chi connectivity index (χ3n) is 3.57. The summed E-state index contributed by atoms with van der Waals surface area (Å²) in [4.78, 5) is 24.7. The van der Waals surface area contributed by atoms with Crippen molar-refractivity contribution in [3.05, 3.63) is 49.5 Å². The molecule has 132 valence electrons. The van der Waals surface area contributed by atoms with Crippen LogP contribution in [0.3, 0.4) is 0 Å². The van der Waals surface area contributed by atoms with Crippen molar-refractivity contribution in [3.8, 4) is 0 Å². The first-order valence-corrected chi connectivity index (χ1v) is 9.19. The number of halogens is 4. The van der Waals surface area contributed by atoms with Gasteiger partial charge in [0, 0.05) is 11.1 Å². The van der Waals surface area contributed by atoms with E-state index >= 15 is 0 Å². The number of nitrogens with zero attached hydrogens (tertiary/aromatic N) is 2. The molecule has 3 aromatic rings. The van der Waals surface area contributed by atoms with Crippen LogP contribution >= 0.6 is 34.7 Å². The van der Waals surface area contributed by atoms with Crippen LogP contribution < -0.4 is 5.56 Å². The van der Waals surface area contributed by atoms with Crippen LogP contribution in [0.25, 0.3) is 10.2 Å². The molecule has 0 aromatic carbocycles. The van der Waals surface area contributed by atoms with Gasteiger partial charge in [-0.2, -0.15) is 13.2 Å². The quantitative estimate of drug-likeness (QED) is 0.625. The van der Waals surface area contributed by atoms with Crippen LogP contribution in [0, 0.1) is 13.8 Å².